The number of rotatable bonds is 3. The van der Waals surface area contributed by atoms with E-state index in [1.165, 1.54) is 6.07 Å². The topological polar surface area (TPSA) is 69.6 Å². The van der Waals surface area contributed by atoms with Gasteiger partial charge in [0.2, 0.25) is 0 Å². The first-order valence-corrected chi connectivity index (χ1v) is 8.15. The van der Waals surface area contributed by atoms with Gasteiger partial charge in [-0.05, 0) is 18.6 Å². The second-order valence-corrected chi connectivity index (χ2v) is 6.56. The summed E-state index contributed by atoms with van der Waals surface area (Å²) < 4.78 is 0. The number of nitrogens with zero attached hydrogens (tertiary/aromatic N) is 1. The molecule has 2 rings (SSSR count). The van der Waals surface area contributed by atoms with Crippen LogP contribution in [0.2, 0.25) is 5.02 Å². The highest BCUT2D eigenvalue weighted by Crippen LogP contribution is 2.26. The third-order valence-corrected chi connectivity index (χ3v) is 5.04. The average Bonchev–Trinajstić information content (AvgIpc) is 2.47. The Bertz CT molecular complexity index is 553. The van der Waals surface area contributed by atoms with Crippen molar-refractivity contribution in [1.82, 2.24) is 4.90 Å². The predicted molar refractivity (Wildman–Crippen MR) is 85.5 cm³/mol. The highest BCUT2D eigenvalue weighted by atomic mass is 35.5. The van der Waals surface area contributed by atoms with Crippen LogP contribution in [0.3, 0.4) is 0 Å². The minimum absolute atomic E-state index is 0.0778. The molecule has 0 saturated carbocycles. The number of benzene rings is 1. The Kier molecular flexibility index (Phi) is 5.36. The third-order valence-electron chi connectivity index (χ3n) is 3.35. The minimum atomic E-state index is -1.16. The lowest BCUT2D eigenvalue weighted by Gasteiger charge is -2.32. The van der Waals surface area contributed by atoms with Crippen LogP contribution in [0, 0.1) is 0 Å². The fourth-order valence-corrected chi connectivity index (χ4v) is 3.63. The van der Waals surface area contributed by atoms with Crippen LogP contribution >= 0.6 is 23.4 Å². The first-order chi connectivity index (χ1) is 10.0. The summed E-state index contributed by atoms with van der Waals surface area (Å²) in [6.07, 6.45) is 1.01. The molecule has 1 aliphatic heterocycles. The molecule has 21 heavy (non-hydrogen) atoms. The Morgan fingerprint density at radius 3 is 2.95 bits per heavy atom. The second-order valence-electron chi connectivity index (χ2n) is 4.74. The molecule has 1 heterocycles. The van der Waals surface area contributed by atoms with Crippen LogP contribution in [-0.4, -0.2) is 46.1 Å². The molecule has 1 fully saturated rings. The van der Waals surface area contributed by atoms with Gasteiger partial charge >= 0.3 is 12.0 Å². The molecular formula is C14H17ClN2O3S. The van der Waals surface area contributed by atoms with Crippen LogP contribution < -0.4 is 5.32 Å². The number of hydrogen-bond acceptors (Lipinski definition) is 3. The number of amides is 2. The van der Waals surface area contributed by atoms with E-state index < -0.39 is 5.97 Å². The molecule has 1 aromatic carbocycles. The summed E-state index contributed by atoms with van der Waals surface area (Å²) in [5.41, 5.74) is 0.150. The number of carboxylic acids is 1. The van der Waals surface area contributed by atoms with Crippen molar-refractivity contribution in [1.29, 1.82) is 0 Å². The van der Waals surface area contributed by atoms with Crippen molar-refractivity contribution in [2.75, 3.05) is 24.2 Å². The molecule has 0 spiro atoms. The molecule has 1 aliphatic rings. The fourth-order valence-electron chi connectivity index (χ4n) is 2.19. The second kappa shape index (κ2) is 7.04. The fraction of sp³-hybridized carbons (Fsp3) is 0.429. The number of urea groups is 1. The summed E-state index contributed by atoms with van der Waals surface area (Å²) in [6, 6.07) is 4.37. The highest BCUT2D eigenvalue weighted by Gasteiger charge is 2.24. The standard InChI is InChI=1S/C14H17ClN2O3S/c1-2-9-8-17(6-7-21-9)14(20)16-11-5-3-4-10(15)12(11)13(18)19/h3-5,9H,2,6-8H2,1H3,(H,16,20)(H,18,19). The van der Waals surface area contributed by atoms with Gasteiger partial charge in [0.1, 0.15) is 5.56 Å². The zero-order chi connectivity index (χ0) is 15.4. The van der Waals surface area contributed by atoms with E-state index in [0.717, 1.165) is 12.2 Å². The van der Waals surface area contributed by atoms with Gasteiger partial charge in [-0.1, -0.05) is 24.6 Å². The monoisotopic (exact) mass is 328 g/mol. The molecule has 0 aromatic heterocycles. The number of anilines is 1. The lowest BCUT2D eigenvalue weighted by molar-refractivity contribution is 0.0698. The van der Waals surface area contributed by atoms with Crippen molar-refractivity contribution < 1.29 is 14.7 Å². The van der Waals surface area contributed by atoms with Crippen molar-refractivity contribution in [2.24, 2.45) is 0 Å². The van der Waals surface area contributed by atoms with Gasteiger partial charge in [0.15, 0.2) is 0 Å². The van der Waals surface area contributed by atoms with E-state index in [4.69, 9.17) is 11.6 Å². The van der Waals surface area contributed by atoms with Crippen molar-refractivity contribution >= 4 is 41.1 Å². The Morgan fingerprint density at radius 1 is 1.52 bits per heavy atom. The molecule has 1 unspecified atom stereocenters. The summed E-state index contributed by atoms with van der Waals surface area (Å²) in [7, 11) is 0. The first-order valence-electron chi connectivity index (χ1n) is 6.72. The van der Waals surface area contributed by atoms with E-state index in [1.54, 1.807) is 17.0 Å². The first kappa shape index (κ1) is 16.0. The lowest BCUT2D eigenvalue weighted by Crippen LogP contribution is -2.44. The highest BCUT2D eigenvalue weighted by molar-refractivity contribution is 8.00. The Morgan fingerprint density at radius 2 is 2.29 bits per heavy atom. The molecule has 5 nitrogen and oxygen atoms in total. The number of nitrogens with one attached hydrogen (secondary N) is 1. The number of halogens is 1. The number of thioether (sulfide) groups is 1. The number of hydrogen-bond donors (Lipinski definition) is 2. The van der Waals surface area contributed by atoms with Crippen LogP contribution in [0.1, 0.15) is 23.7 Å². The molecule has 0 aliphatic carbocycles. The van der Waals surface area contributed by atoms with Crippen molar-refractivity contribution in [3.63, 3.8) is 0 Å². The quantitative estimate of drug-likeness (QED) is 0.892. The van der Waals surface area contributed by atoms with Crippen LogP contribution in [0.5, 0.6) is 0 Å². The van der Waals surface area contributed by atoms with E-state index in [1.807, 2.05) is 11.8 Å². The smallest absolute Gasteiger partial charge is 0.339 e. The molecule has 1 saturated heterocycles. The summed E-state index contributed by atoms with van der Waals surface area (Å²) in [4.78, 5) is 25.3. The van der Waals surface area contributed by atoms with Gasteiger partial charge in [0.25, 0.3) is 0 Å². The van der Waals surface area contributed by atoms with Gasteiger partial charge in [-0.25, -0.2) is 9.59 Å². The lowest BCUT2D eigenvalue weighted by atomic mass is 10.2. The Labute approximate surface area is 132 Å². The van der Waals surface area contributed by atoms with E-state index in [9.17, 15) is 14.7 Å². The molecular weight excluding hydrogens is 312 g/mol. The SMILES string of the molecule is CCC1CN(C(=O)Nc2cccc(Cl)c2C(=O)O)CCS1. The van der Waals surface area contributed by atoms with Crippen molar-refractivity contribution in [2.45, 2.75) is 18.6 Å². The number of carbonyl (C=O) groups excluding carboxylic acids is 1. The van der Waals surface area contributed by atoms with E-state index in [0.29, 0.717) is 18.3 Å². The predicted octanol–water partition coefficient (Wildman–Crippen LogP) is 3.40. The summed E-state index contributed by atoms with van der Waals surface area (Å²) in [5.74, 6) is -0.260. The molecule has 1 atom stereocenters. The van der Waals surface area contributed by atoms with Gasteiger partial charge in [0, 0.05) is 24.1 Å². The maximum atomic E-state index is 12.3. The van der Waals surface area contributed by atoms with Gasteiger partial charge in [-0.2, -0.15) is 11.8 Å². The number of aromatic carboxylic acids is 1. The normalized spacial score (nSPS) is 18.4. The Balaban J connectivity index is 2.13. The van der Waals surface area contributed by atoms with Crippen LogP contribution in [-0.2, 0) is 0 Å². The van der Waals surface area contributed by atoms with Gasteiger partial charge in [0.05, 0.1) is 10.7 Å². The zero-order valence-corrected chi connectivity index (χ0v) is 13.2. The third kappa shape index (κ3) is 3.83. The van der Waals surface area contributed by atoms with Crippen molar-refractivity contribution in [3.05, 3.63) is 28.8 Å². The van der Waals surface area contributed by atoms with E-state index in [2.05, 4.69) is 12.2 Å². The van der Waals surface area contributed by atoms with Crippen LogP contribution in [0.15, 0.2) is 18.2 Å². The maximum absolute atomic E-state index is 12.3. The molecule has 0 radical (unpaired) electrons. The Hall–Kier alpha value is -1.40. The minimum Gasteiger partial charge on any atom is -0.478 e. The summed E-state index contributed by atoms with van der Waals surface area (Å²) >= 11 is 7.75. The largest absolute Gasteiger partial charge is 0.478 e. The van der Waals surface area contributed by atoms with Crippen molar-refractivity contribution in [3.8, 4) is 0 Å². The van der Waals surface area contributed by atoms with Gasteiger partial charge in [-0.3, -0.25) is 0 Å². The van der Waals surface area contributed by atoms with Crippen LogP contribution in [0.25, 0.3) is 0 Å². The molecule has 2 amide bonds. The maximum Gasteiger partial charge on any atom is 0.339 e. The van der Waals surface area contributed by atoms with Crippen LogP contribution in [0.4, 0.5) is 10.5 Å². The molecule has 0 bridgehead atoms. The molecule has 7 heteroatoms. The van der Waals surface area contributed by atoms with Gasteiger partial charge in [-0.15, -0.1) is 0 Å². The number of carbonyl (C=O) groups is 2. The summed E-state index contributed by atoms with van der Waals surface area (Å²) in [5, 5.41) is 12.4. The number of carboxylic acid groups (broad SMARTS) is 1. The molecule has 1 aromatic rings. The molecule has 114 valence electrons. The zero-order valence-electron chi connectivity index (χ0n) is 11.6. The molecule has 2 N–H and O–H groups in total. The summed E-state index contributed by atoms with van der Waals surface area (Å²) in [6.45, 7) is 3.44. The van der Waals surface area contributed by atoms with E-state index in [-0.39, 0.29) is 22.3 Å². The van der Waals surface area contributed by atoms with Gasteiger partial charge < -0.3 is 15.3 Å². The average molecular weight is 329 g/mol. The van der Waals surface area contributed by atoms with E-state index >= 15 is 0 Å².